The highest BCUT2D eigenvalue weighted by molar-refractivity contribution is 4.88. The Morgan fingerprint density at radius 1 is 1.00 bits per heavy atom. The maximum atomic E-state index is 3.78. The quantitative estimate of drug-likeness (QED) is 0.752. The summed E-state index contributed by atoms with van der Waals surface area (Å²) in [5.74, 6) is 2.98. The molecule has 1 atom stereocenters. The minimum Gasteiger partial charge on any atom is -0.314 e. The van der Waals surface area contributed by atoms with Gasteiger partial charge in [0.2, 0.25) is 0 Å². The smallest absolute Gasteiger partial charge is 0.00978 e. The van der Waals surface area contributed by atoms with Gasteiger partial charge in [-0.2, -0.15) is 0 Å². The van der Waals surface area contributed by atoms with Crippen molar-refractivity contribution in [2.75, 3.05) is 6.54 Å². The molecule has 2 aliphatic rings. The molecule has 0 bridgehead atoms. The Balaban J connectivity index is 1.82. The lowest BCUT2D eigenvalue weighted by atomic mass is 9.68. The predicted octanol–water partition coefficient (Wildman–Crippen LogP) is 4.62. The van der Waals surface area contributed by atoms with Crippen molar-refractivity contribution in [2.45, 2.75) is 78.7 Å². The van der Waals surface area contributed by atoms with Gasteiger partial charge in [-0.1, -0.05) is 40.5 Å². The lowest BCUT2D eigenvalue weighted by Gasteiger charge is -2.39. The van der Waals surface area contributed by atoms with Gasteiger partial charge in [0.05, 0.1) is 0 Å². The third-order valence-corrected chi connectivity index (χ3v) is 5.32. The first-order valence-electron chi connectivity index (χ1n) is 8.24. The highest BCUT2D eigenvalue weighted by Gasteiger charge is 2.34. The van der Waals surface area contributed by atoms with E-state index in [0.717, 1.165) is 30.3 Å². The van der Waals surface area contributed by atoms with Crippen LogP contribution in [0, 0.1) is 23.2 Å². The van der Waals surface area contributed by atoms with E-state index in [1.54, 1.807) is 0 Å². The van der Waals surface area contributed by atoms with Gasteiger partial charge in [-0.05, 0) is 61.8 Å². The van der Waals surface area contributed by atoms with Gasteiger partial charge in [0.25, 0.3) is 0 Å². The van der Waals surface area contributed by atoms with Crippen LogP contribution in [0.4, 0.5) is 0 Å². The molecule has 2 rings (SSSR count). The fraction of sp³-hybridized carbons (Fsp3) is 1.00. The fourth-order valence-electron chi connectivity index (χ4n) is 3.80. The van der Waals surface area contributed by atoms with Gasteiger partial charge in [-0.3, -0.25) is 0 Å². The van der Waals surface area contributed by atoms with Crippen LogP contribution in [0.5, 0.6) is 0 Å². The van der Waals surface area contributed by atoms with Crippen molar-refractivity contribution in [3.05, 3.63) is 0 Å². The summed E-state index contributed by atoms with van der Waals surface area (Å²) < 4.78 is 0. The molecule has 0 amide bonds. The van der Waals surface area contributed by atoms with Crippen LogP contribution in [0.1, 0.15) is 72.6 Å². The van der Waals surface area contributed by atoms with Crippen LogP contribution in [-0.2, 0) is 0 Å². The average Bonchev–Trinajstić information content (AvgIpc) is 3.11. The van der Waals surface area contributed by atoms with Gasteiger partial charge in [-0.25, -0.2) is 0 Å². The van der Waals surface area contributed by atoms with E-state index in [4.69, 9.17) is 0 Å². The fourth-order valence-corrected chi connectivity index (χ4v) is 3.80. The Bertz CT molecular complexity index is 241. The summed E-state index contributed by atoms with van der Waals surface area (Å²) in [6.45, 7) is 10.7. The summed E-state index contributed by atoms with van der Waals surface area (Å²) in [6, 6.07) is 0.823. The van der Waals surface area contributed by atoms with E-state index in [2.05, 4.69) is 33.0 Å². The molecule has 1 N–H and O–H groups in total. The highest BCUT2D eigenvalue weighted by Crippen LogP contribution is 2.43. The molecule has 0 aromatic heterocycles. The molecule has 0 spiro atoms. The maximum absolute atomic E-state index is 3.78. The largest absolute Gasteiger partial charge is 0.314 e. The molecular formula is C17H33N. The van der Waals surface area contributed by atoms with Gasteiger partial charge in [0, 0.05) is 6.04 Å². The van der Waals surface area contributed by atoms with Gasteiger partial charge < -0.3 is 5.32 Å². The van der Waals surface area contributed by atoms with E-state index in [1.807, 2.05) is 0 Å². The summed E-state index contributed by atoms with van der Waals surface area (Å²) in [4.78, 5) is 0. The molecule has 0 aromatic carbocycles. The molecular weight excluding hydrogens is 218 g/mol. The molecule has 1 unspecified atom stereocenters. The van der Waals surface area contributed by atoms with Crippen LogP contribution in [0.25, 0.3) is 0 Å². The zero-order chi connectivity index (χ0) is 13.2. The SMILES string of the molecule is CCNC(CC1CC1)C1CCC(C(C)(C)C)CC1. The van der Waals surface area contributed by atoms with Crippen molar-refractivity contribution in [2.24, 2.45) is 23.2 Å². The van der Waals surface area contributed by atoms with Gasteiger partial charge >= 0.3 is 0 Å². The monoisotopic (exact) mass is 251 g/mol. The molecule has 1 nitrogen and oxygen atoms in total. The maximum Gasteiger partial charge on any atom is 0.00978 e. The topological polar surface area (TPSA) is 12.0 Å². The van der Waals surface area contributed by atoms with Crippen LogP contribution >= 0.6 is 0 Å². The van der Waals surface area contributed by atoms with Gasteiger partial charge in [0.1, 0.15) is 0 Å². The lowest BCUT2D eigenvalue weighted by molar-refractivity contribution is 0.129. The second-order valence-corrected chi connectivity index (χ2v) is 7.82. The van der Waals surface area contributed by atoms with Crippen molar-refractivity contribution in [3.63, 3.8) is 0 Å². The molecule has 18 heavy (non-hydrogen) atoms. The Morgan fingerprint density at radius 3 is 2.06 bits per heavy atom. The lowest BCUT2D eigenvalue weighted by Crippen LogP contribution is -2.39. The van der Waals surface area contributed by atoms with E-state index >= 15 is 0 Å². The third kappa shape index (κ3) is 3.98. The summed E-state index contributed by atoms with van der Waals surface area (Å²) in [5, 5.41) is 3.78. The zero-order valence-corrected chi connectivity index (χ0v) is 13.0. The number of nitrogens with one attached hydrogen (secondary N) is 1. The molecule has 0 radical (unpaired) electrons. The summed E-state index contributed by atoms with van der Waals surface area (Å²) >= 11 is 0. The van der Waals surface area contributed by atoms with Gasteiger partial charge in [0.15, 0.2) is 0 Å². The van der Waals surface area contributed by atoms with E-state index in [-0.39, 0.29) is 0 Å². The minimum absolute atomic E-state index is 0.523. The van der Waals surface area contributed by atoms with E-state index < -0.39 is 0 Å². The first kappa shape index (κ1) is 14.4. The molecule has 0 saturated heterocycles. The molecule has 0 aromatic rings. The first-order valence-corrected chi connectivity index (χ1v) is 8.24. The molecule has 2 aliphatic carbocycles. The molecule has 1 heteroatoms. The van der Waals surface area contributed by atoms with Crippen LogP contribution in [0.15, 0.2) is 0 Å². The predicted molar refractivity (Wildman–Crippen MR) is 79.7 cm³/mol. The summed E-state index contributed by atoms with van der Waals surface area (Å²) in [5.41, 5.74) is 0.523. The van der Waals surface area contributed by atoms with Gasteiger partial charge in [-0.15, -0.1) is 0 Å². The second-order valence-electron chi connectivity index (χ2n) is 7.82. The molecule has 106 valence electrons. The Hall–Kier alpha value is -0.0400. The van der Waals surface area contributed by atoms with Crippen molar-refractivity contribution >= 4 is 0 Å². The molecule has 0 aliphatic heterocycles. The Kier molecular flexibility index (Phi) is 4.75. The van der Waals surface area contributed by atoms with Crippen molar-refractivity contribution in [1.29, 1.82) is 0 Å². The molecule has 2 saturated carbocycles. The zero-order valence-electron chi connectivity index (χ0n) is 13.0. The van der Waals surface area contributed by atoms with Crippen molar-refractivity contribution in [3.8, 4) is 0 Å². The summed E-state index contributed by atoms with van der Waals surface area (Å²) in [6.07, 6.45) is 10.3. The van der Waals surface area contributed by atoms with Crippen molar-refractivity contribution in [1.82, 2.24) is 5.32 Å². The van der Waals surface area contributed by atoms with Crippen LogP contribution in [0.2, 0.25) is 0 Å². The average molecular weight is 251 g/mol. The normalized spacial score (nSPS) is 31.3. The van der Waals surface area contributed by atoms with Crippen LogP contribution < -0.4 is 5.32 Å². The third-order valence-electron chi connectivity index (χ3n) is 5.32. The Labute approximate surface area is 114 Å². The second kappa shape index (κ2) is 5.94. The molecule has 0 heterocycles. The summed E-state index contributed by atoms with van der Waals surface area (Å²) in [7, 11) is 0. The Morgan fingerprint density at radius 2 is 1.61 bits per heavy atom. The number of hydrogen-bond donors (Lipinski definition) is 1. The number of rotatable bonds is 5. The van der Waals surface area contributed by atoms with Crippen LogP contribution in [-0.4, -0.2) is 12.6 Å². The standard InChI is InChI=1S/C17H33N/c1-5-18-16(12-13-6-7-13)14-8-10-15(11-9-14)17(2,3)4/h13-16,18H,5-12H2,1-4H3. The van der Waals surface area contributed by atoms with E-state index in [0.29, 0.717) is 5.41 Å². The highest BCUT2D eigenvalue weighted by atomic mass is 14.9. The molecule has 2 fully saturated rings. The number of hydrogen-bond acceptors (Lipinski definition) is 1. The van der Waals surface area contributed by atoms with E-state index in [1.165, 1.54) is 44.9 Å². The van der Waals surface area contributed by atoms with Crippen LogP contribution in [0.3, 0.4) is 0 Å². The van der Waals surface area contributed by atoms with Crippen molar-refractivity contribution < 1.29 is 0 Å². The first-order chi connectivity index (χ1) is 8.50. The minimum atomic E-state index is 0.523. The van der Waals surface area contributed by atoms with E-state index in [9.17, 15) is 0 Å².